The summed E-state index contributed by atoms with van der Waals surface area (Å²) < 4.78 is 5.16. The van der Waals surface area contributed by atoms with E-state index in [9.17, 15) is 9.59 Å². The molecule has 146 valence electrons. The maximum atomic E-state index is 12.4. The molecule has 3 rings (SSSR count). The fourth-order valence-electron chi connectivity index (χ4n) is 2.61. The number of carbonyl (C=O) groups excluding carboxylic acids is 2. The average molecular weight is 404 g/mol. The van der Waals surface area contributed by atoms with Crippen LogP contribution in [0.15, 0.2) is 89.8 Å². The van der Waals surface area contributed by atoms with Crippen molar-refractivity contribution in [2.75, 3.05) is 18.2 Å². The van der Waals surface area contributed by atoms with E-state index in [1.807, 2.05) is 60.7 Å². The molecule has 0 saturated carbocycles. The van der Waals surface area contributed by atoms with Crippen molar-refractivity contribution < 1.29 is 14.3 Å². The van der Waals surface area contributed by atoms with Gasteiger partial charge in [0.05, 0.1) is 12.9 Å². The van der Waals surface area contributed by atoms with Crippen LogP contribution in [0.3, 0.4) is 0 Å². The number of anilines is 1. The molecule has 5 heteroatoms. The zero-order chi connectivity index (χ0) is 20.5. The highest BCUT2D eigenvalue weighted by atomic mass is 32.2. The number of ether oxygens (including phenoxy) is 1. The molecule has 4 nitrogen and oxygen atoms in total. The van der Waals surface area contributed by atoms with Crippen LogP contribution in [0, 0.1) is 0 Å². The number of hydrogen-bond donors (Lipinski definition) is 1. The molecule has 3 aromatic rings. The fraction of sp³-hybridized carbons (Fsp3) is 0.0833. The second-order valence-electron chi connectivity index (χ2n) is 6.20. The summed E-state index contributed by atoms with van der Waals surface area (Å²) in [5, 5.41) is 2.85. The Morgan fingerprint density at radius 2 is 1.76 bits per heavy atom. The second kappa shape index (κ2) is 10.3. The van der Waals surface area contributed by atoms with Gasteiger partial charge in [0, 0.05) is 22.2 Å². The average Bonchev–Trinajstić information content (AvgIpc) is 2.77. The van der Waals surface area contributed by atoms with Gasteiger partial charge in [-0.15, -0.1) is 11.8 Å². The van der Waals surface area contributed by atoms with Gasteiger partial charge in [-0.05, 0) is 42.0 Å². The summed E-state index contributed by atoms with van der Waals surface area (Å²) in [6.45, 7) is 0. The van der Waals surface area contributed by atoms with E-state index in [4.69, 9.17) is 4.74 Å². The van der Waals surface area contributed by atoms with Gasteiger partial charge >= 0.3 is 0 Å². The molecule has 29 heavy (non-hydrogen) atoms. The largest absolute Gasteiger partial charge is 0.497 e. The van der Waals surface area contributed by atoms with Crippen LogP contribution in [0.2, 0.25) is 0 Å². The molecular formula is C24H21NO3S. The highest BCUT2D eigenvalue weighted by Gasteiger charge is 2.08. The normalized spacial score (nSPS) is 10.7. The number of amides is 1. The number of ketones is 1. The molecule has 0 aliphatic carbocycles. The van der Waals surface area contributed by atoms with Gasteiger partial charge in [-0.2, -0.15) is 0 Å². The first-order valence-corrected chi connectivity index (χ1v) is 10.1. The van der Waals surface area contributed by atoms with Gasteiger partial charge in [0.2, 0.25) is 5.91 Å². The molecule has 0 unspecified atom stereocenters. The van der Waals surface area contributed by atoms with Crippen LogP contribution in [0.4, 0.5) is 5.69 Å². The lowest BCUT2D eigenvalue weighted by Gasteiger charge is -2.06. The van der Waals surface area contributed by atoms with Crippen molar-refractivity contribution in [3.05, 3.63) is 96.1 Å². The van der Waals surface area contributed by atoms with Crippen molar-refractivity contribution in [1.29, 1.82) is 0 Å². The Bertz CT molecular complexity index is 1020. The fourth-order valence-corrected chi connectivity index (χ4v) is 3.46. The summed E-state index contributed by atoms with van der Waals surface area (Å²) in [6.07, 6.45) is 3.27. The third kappa shape index (κ3) is 6.36. The Balaban J connectivity index is 1.57. The second-order valence-corrected chi connectivity index (χ2v) is 7.25. The number of nitrogens with one attached hydrogen (secondary N) is 1. The molecule has 0 saturated heterocycles. The molecule has 1 amide bonds. The SMILES string of the molecule is COc1cccc(C(=O)CSc2cccc(NC(=O)/C=C/c3ccccc3)c2)c1. The van der Waals surface area contributed by atoms with Gasteiger partial charge in [0.15, 0.2) is 5.78 Å². The van der Waals surface area contributed by atoms with Gasteiger partial charge in [0.25, 0.3) is 0 Å². The highest BCUT2D eigenvalue weighted by Crippen LogP contribution is 2.23. The van der Waals surface area contributed by atoms with E-state index in [1.165, 1.54) is 17.8 Å². The van der Waals surface area contributed by atoms with Crippen LogP contribution in [-0.4, -0.2) is 24.6 Å². The smallest absolute Gasteiger partial charge is 0.248 e. The Morgan fingerprint density at radius 1 is 0.966 bits per heavy atom. The lowest BCUT2D eigenvalue weighted by molar-refractivity contribution is -0.111. The van der Waals surface area contributed by atoms with E-state index in [1.54, 1.807) is 31.4 Å². The summed E-state index contributed by atoms with van der Waals surface area (Å²) in [5.41, 5.74) is 2.27. The zero-order valence-corrected chi connectivity index (χ0v) is 16.8. The van der Waals surface area contributed by atoms with Crippen LogP contribution in [-0.2, 0) is 4.79 Å². The van der Waals surface area contributed by atoms with Crippen LogP contribution >= 0.6 is 11.8 Å². The first-order chi connectivity index (χ1) is 14.1. The number of benzene rings is 3. The Hall–Kier alpha value is -3.31. The number of rotatable bonds is 8. The maximum Gasteiger partial charge on any atom is 0.248 e. The van der Waals surface area contributed by atoms with E-state index >= 15 is 0 Å². The molecule has 0 aromatic heterocycles. The van der Waals surface area contributed by atoms with Gasteiger partial charge in [-0.25, -0.2) is 0 Å². The molecule has 0 spiro atoms. The molecule has 0 heterocycles. The molecule has 0 radical (unpaired) electrons. The predicted molar refractivity (Wildman–Crippen MR) is 119 cm³/mol. The van der Waals surface area contributed by atoms with Crippen molar-refractivity contribution >= 4 is 35.2 Å². The van der Waals surface area contributed by atoms with Crippen molar-refractivity contribution in [2.45, 2.75) is 4.90 Å². The van der Waals surface area contributed by atoms with Crippen LogP contribution < -0.4 is 10.1 Å². The lowest BCUT2D eigenvalue weighted by atomic mass is 10.1. The molecule has 0 aliphatic rings. The number of carbonyl (C=O) groups is 2. The molecular weight excluding hydrogens is 382 g/mol. The third-order valence-corrected chi connectivity index (χ3v) is 5.08. The van der Waals surface area contributed by atoms with E-state index < -0.39 is 0 Å². The molecule has 0 fully saturated rings. The van der Waals surface area contributed by atoms with E-state index in [0.29, 0.717) is 22.8 Å². The highest BCUT2D eigenvalue weighted by molar-refractivity contribution is 8.00. The molecule has 3 aromatic carbocycles. The summed E-state index contributed by atoms with van der Waals surface area (Å²) in [4.78, 5) is 25.5. The van der Waals surface area contributed by atoms with Crippen LogP contribution in [0.25, 0.3) is 6.08 Å². The molecule has 0 atom stereocenters. The monoisotopic (exact) mass is 403 g/mol. The summed E-state index contributed by atoms with van der Waals surface area (Å²) in [5.74, 6) is 0.782. The van der Waals surface area contributed by atoms with Gasteiger partial charge in [-0.1, -0.05) is 48.5 Å². The maximum absolute atomic E-state index is 12.4. The number of Topliss-reactive ketones (excluding diaryl/α,β-unsaturated/α-hetero) is 1. The molecule has 1 N–H and O–H groups in total. The van der Waals surface area contributed by atoms with Crippen LogP contribution in [0.1, 0.15) is 15.9 Å². The van der Waals surface area contributed by atoms with Crippen molar-refractivity contribution in [3.8, 4) is 5.75 Å². The summed E-state index contributed by atoms with van der Waals surface area (Å²) in [6, 6.07) is 24.2. The number of thioether (sulfide) groups is 1. The minimum absolute atomic E-state index is 0.0223. The predicted octanol–water partition coefficient (Wildman–Crippen LogP) is 5.32. The Morgan fingerprint density at radius 3 is 2.55 bits per heavy atom. The van der Waals surface area contributed by atoms with Gasteiger partial charge in [-0.3, -0.25) is 9.59 Å². The first-order valence-electron chi connectivity index (χ1n) is 9.08. The third-order valence-electron chi connectivity index (χ3n) is 4.09. The Kier molecular flexibility index (Phi) is 7.25. The topological polar surface area (TPSA) is 55.4 Å². The van der Waals surface area contributed by atoms with Crippen molar-refractivity contribution in [2.24, 2.45) is 0 Å². The van der Waals surface area contributed by atoms with E-state index in [0.717, 1.165) is 10.5 Å². The van der Waals surface area contributed by atoms with E-state index in [2.05, 4.69) is 5.32 Å². The zero-order valence-electron chi connectivity index (χ0n) is 16.0. The lowest BCUT2D eigenvalue weighted by Crippen LogP contribution is -2.07. The Labute approximate surface area is 174 Å². The molecule has 0 aliphatic heterocycles. The minimum Gasteiger partial charge on any atom is -0.497 e. The minimum atomic E-state index is -0.205. The van der Waals surface area contributed by atoms with Crippen molar-refractivity contribution in [3.63, 3.8) is 0 Å². The van der Waals surface area contributed by atoms with Gasteiger partial charge < -0.3 is 10.1 Å². The van der Waals surface area contributed by atoms with Gasteiger partial charge in [0.1, 0.15) is 5.75 Å². The summed E-state index contributed by atoms with van der Waals surface area (Å²) >= 11 is 1.43. The summed E-state index contributed by atoms with van der Waals surface area (Å²) in [7, 11) is 1.58. The van der Waals surface area contributed by atoms with Crippen LogP contribution in [0.5, 0.6) is 5.75 Å². The number of hydrogen-bond acceptors (Lipinski definition) is 4. The first kappa shape index (κ1) is 20.4. The number of methoxy groups -OCH3 is 1. The van der Waals surface area contributed by atoms with E-state index in [-0.39, 0.29) is 11.7 Å². The standard InChI is InChI=1S/C24H21NO3S/c1-28-21-11-5-9-19(15-21)23(26)17-29-22-12-6-10-20(16-22)25-24(27)14-13-18-7-3-2-4-8-18/h2-16H,17H2,1H3,(H,25,27)/b14-13+. The molecule has 0 bridgehead atoms. The quantitative estimate of drug-likeness (QED) is 0.314. The van der Waals surface area contributed by atoms with Crippen molar-refractivity contribution in [1.82, 2.24) is 0 Å².